The number of unbranched alkanes of at least 4 members (excludes halogenated alkanes) is 1. The molecule has 0 N–H and O–H groups in total. The topological polar surface area (TPSA) is 15.5 Å². The van der Waals surface area contributed by atoms with Gasteiger partial charge in [0.2, 0.25) is 0 Å². The number of nitrogens with zero attached hydrogens (tertiary/aromatic N) is 1. The van der Waals surface area contributed by atoms with Gasteiger partial charge in [0.25, 0.3) is 0 Å². The van der Waals surface area contributed by atoms with Crippen molar-refractivity contribution in [3.05, 3.63) is 69.9 Å². The Balaban J connectivity index is 0.00000244. The Kier molecular flexibility index (Phi) is 19.7. The molecule has 0 saturated carbocycles. The van der Waals surface area contributed by atoms with Crippen LogP contribution in [-0.2, 0) is 4.84 Å². The summed E-state index contributed by atoms with van der Waals surface area (Å²) in [7, 11) is 1.89. The Bertz CT molecular complexity index is 660. The second kappa shape index (κ2) is 20.7. The first-order valence-electron chi connectivity index (χ1n) is 13.3. The molecule has 1 rings (SSSR count). The molecular formula is C32H55NO. The highest BCUT2D eigenvalue weighted by Gasteiger charge is 2.08. The normalized spacial score (nSPS) is 16.6. The number of hydrogen-bond acceptors (Lipinski definition) is 2. The summed E-state index contributed by atoms with van der Waals surface area (Å²) in [6.45, 7) is 18.6. The van der Waals surface area contributed by atoms with Crippen LogP contribution in [0.4, 0.5) is 0 Å². The van der Waals surface area contributed by atoms with Gasteiger partial charge in [-0.25, -0.2) is 0 Å². The summed E-state index contributed by atoms with van der Waals surface area (Å²) in [4.78, 5) is 4.54. The lowest BCUT2D eigenvalue weighted by atomic mass is 10.0. The summed E-state index contributed by atoms with van der Waals surface area (Å²) >= 11 is 0. The molecule has 34 heavy (non-hydrogen) atoms. The lowest BCUT2D eigenvalue weighted by Gasteiger charge is -2.02. The Hall–Kier alpha value is -1.64. The quantitative estimate of drug-likeness (QED) is 0.135. The average molecular weight is 470 g/mol. The van der Waals surface area contributed by atoms with Crippen LogP contribution < -0.4 is 0 Å². The minimum absolute atomic E-state index is 0.819. The highest BCUT2D eigenvalue weighted by molar-refractivity contribution is 5.08. The van der Waals surface area contributed by atoms with Gasteiger partial charge in [-0.3, -0.25) is 4.84 Å². The maximum absolute atomic E-state index is 4.54. The van der Waals surface area contributed by atoms with E-state index in [0.717, 1.165) is 6.73 Å². The van der Waals surface area contributed by atoms with E-state index >= 15 is 0 Å². The summed E-state index contributed by atoms with van der Waals surface area (Å²) in [5.74, 6) is 0. The third kappa shape index (κ3) is 25.0. The first-order chi connectivity index (χ1) is 16.1. The monoisotopic (exact) mass is 469 g/mol. The largest absolute Gasteiger partial charge is 0.279 e. The summed E-state index contributed by atoms with van der Waals surface area (Å²) in [5.41, 5.74) is 8.97. The number of rotatable bonds is 15. The van der Waals surface area contributed by atoms with Gasteiger partial charge in [-0.15, -0.1) is 0 Å². The summed E-state index contributed by atoms with van der Waals surface area (Å²) in [6, 6.07) is 0. The number of allylic oxidation sites excluding steroid dienone is 12. The zero-order valence-corrected chi connectivity index (χ0v) is 24.1. The Morgan fingerprint density at radius 1 is 0.500 bits per heavy atom. The molecule has 0 aromatic carbocycles. The van der Waals surface area contributed by atoms with Crippen molar-refractivity contribution in [2.24, 2.45) is 0 Å². The van der Waals surface area contributed by atoms with Crippen LogP contribution in [0.1, 0.15) is 120 Å². The lowest BCUT2D eigenvalue weighted by molar-refractivity contribution is 0.238. The zero-order valence-electron chi connectivity index (χ0n) is 24.1. The molecule has 1 atom stereocenters. The molecule has 0 spiro atoms. The molecule has 1 fully saturated rings. The van der Waals surface area contributed by atoms with Gasteiger partial charge in [-0.05, 0) is 120 Å². The molecule has 0 aromatic heterocycles. The van der Waals surface area contributed by atoms with Crippen molar-refractivity contribution < 1.29 is 4.84 Å². The SMILES string of the molecule is CC(C)=CCCC(C)=CCCC(C)=CCCC=C(C)CCC=C(C)CCC=C(C)C.CN1CO1. The van der Waals surface area contributed by atoms with E-state index in [2.05, 4.69) is 96.7 Å². The van der Waals surface area contributed by atoms with E-state index in [0.29, 0.717) is 0 Å². The minimum Gasteiger partial charge on any atom is -0.279 e. The molecule has 0 aromatic rings. The van der Waals surface area contributed by atoms with Gasteiger partial charge in [0.05, 0.1) is 0 Å². The Morgan fingerprint density at radius 3 is 0.971 bits per heavy atom. The van der Waals surface area contributed by atoms with E-state index in [1.54, 1.807) is 5.06 Å². The van der Waals surface area contributed by atoms with Crippen LogP contribution in [0.15, 0.2) is 69.9 Å². The summed E-state index contributed by atoms with van der Waals surface area (Å²) < 4.78 is 0. The maximum Gasteiger partial charge on any atom is 0.143 e. The van der Waals surface area contributed by atoms with Crippen molar-refractivity contribution in [1.29, 1.82) is 0 Å². The molecule has 1 saturated heterocycles. The van der Waals surface area contributed by atoms with Crippen molar-refractivity contribution in [1.82, 2.24) is 5.06 Å². The van der Waals surface area contributed by atoms with E-state index in [1.807, 2.05) is 7.05 Å². The minimum atomic E-state index is 0.819. The van der Waals surface area contributed by atoms with Crippen LogP contribution in [0.25, 0.3) is 0 Å². The second-order valence-electron chi connectivity index (χ2n) is 10.4. The van der Waals surface area contributed by atoms with Crippen molar-refractivity contribution in [3.8, 4) is 0 Å². The Labute approximate surface area is 213 Å². The molecule has 0 radical (unpaired) electrons. The molecule has 0 bridgehead atoms. The maximum atomic E-state index is 4.54. The molecule has 1 aliphatic heterocycles. The van der Waals surface area contributed by atoms with E-state index in [9.17, 15) is 0 Å². The van der Waals surface area contributed by atoms with Crippen LogP contribution in [0, 0.1) is 0 Å². The summed E-state index contributed by atoms with van der Waals surface area (Å²) in [5, 5.41) is 1.75. The number of hydrogen-bond donors (Lipinski definition) is 0. The number of hydroxylamine groups is 2. The molecule has 1 aliphatic rings. The van der Waals surface area contributed by atoms with Gasteiger partial charge in [0.1, 0.15) is 6.73 Å². The van der Waals surface area contributed by atoms with Crippen molar-refractivity contribution >= 4 is 0 Å². The van der Waals surface area contributed by atoms with Gasteiger partial charge in [-0.1, -0.05) is 69.9 Å². The van der Waals surface area contributed by atoms with Crippen LogP contribution in [0.2, 0.25) is 0 Å². The zero-order chi connectivity index (χ0) is 25.8. The predicted octanol–water partition coefficient (Wildman–Crippen LogP) is 10.4. The fourth-order valence-electron chi connectivity index (χ4n) is 3.39. The van der Waals surface area contributed by atoms with Gasteiger partial charge in [0.15, 0.2) is 0 Å². The predicted molar refractivity (Wildman–Crippen MR) is 154 cm³/mol. The van der Waals surface area contributed by atoms with E-state index in [4.69, 9.17) is 0 Å². The Morgan fingerprint density at radius 2 is 0.735 bits per heavy atom. The van der Waals surface area contributed by atoms with Crippen LogP contribution in [-0.4, -0.2) is 18.8 Å². The fraction of sp³-hybridized carbons (Fsp3) is 0.625. The molecule has 2 heteroatoms. The first-order valence-corrected chi connectivity index (χ1v) is 13.3. The lowest BCUT2D eigenvalue weighted by Crippen LogP contribution is -1.82. The molecule has 194 valence electrons. The van der Waals surface area contributed by atoms with E-state index in [-0.39, 0.29) is 0 Å². The standard InChI is InChI=1S/C30H50.C2H5NO/c1-25(2)15-11-19-29(7)23-13-21-27(5)17-9-10-18-28(6)22-14-24-30(8)20-12-16-26(3)4;1-3-2-4-3/h15-18,23-24H,9-14,19-22H2,1-8H3;2H2,1H3. The molecular weight excluding hydrogens is 414 g/mol. The molecule has 2 nitrogen and oxygen atoms in total. The van der Waals surface area contributed by atoms with Gasteiger partial charge in [-0.2, -0.15) is 5.06 Å². The third-order valence-corrected chi connectivity index (χ3v) is 5.79. The van der Waals surface area contributed by atoms with E-state index < -0.39 is 0 Å². The van der Waals surface area contributed by atoms with Crippen molar-refractivity contribution in [2.45, 2.75) is 120 Å². The molecule has 1 unspecified atom stereocenters. The highest BCUT2D eigenvalue weighted by atomic mass is 16.8. The molecule has 1 heterocycles. The van der Waals surface area contributed by atoms with Gasteiger partial charge in [0, 0.05) is 7.05 Å². The smallest absolute Gasteiger partial charge is 0.143 e. The average Bonchev–Trinajstić information content (AvgIpc) is 3.53. The first kappa shape index (κ1) is 32.4. The fourth-order valence-corrected chi connectivity index (χ4v) is 3.39. The van der Waals surface area contributed by atoms with Crippen molar-refractivity contribution in [2.75, 3.05) is 13.8 Å². The van der Waals surface area contributed by atoms with Gasteiger partial charge < -0.3 is 0 Å². The van der Waals surface area contributed by atoms with E-state index in [1.165, 1.54) is 97.6 Å². The highest BCUT2D eigenvalue weighted by Crippen LogP contribution is 2.14. The molecule has 0 aliphatic carbocycles. The molecule has 0 amide bonds. The third-order valence-electron chi connectivity index (χ3n) is 5.79. The van der Waals surface area contributed by atoms with Gasteiger partial charge >= 0.3 is 0 Å². The second-order valence-corrected chi connectivity index (χ2v) is 10.4. The summed E-state index contributed by atoms with van der Waals surface area (Å²) in [6.07, 6.45) is 26.2. The van der Waals surface area contributed by atoms with Crippen LogP contribution in [0.3, 0.4) is 0 Å². The van der Waals surface area contributed by atoms with Crippen molar-refractivity contribution in [3.63, 3.8) is 0 Å². The van der Waals surface area contributed by atoms with Crippen LogP contribution >= 0.6 is 0 Å². The van der Waals surface area contributed by atoms with Crippen LogP contribution in [0.5, 0.6) is 0 Å².